The molecule has 0 aromatic carbocycles. The maximum atomic E-state index is 10.9. The van der Waals surface area contributed by atoms with Crippen molar-refractivity contribution in [2.24, 2.45) is 0 Å². The Balaban J connectivity index is 2.51. The maximum absolute atomic E-state index is 10.9. The molecule has 1 aromatic rings. The summed E-state index contributed by atoms with van der Waals surface area (Å²) < 4.78 is 2.00. The molecule has 0 aliphatic carbocycles. The first-order chi connectivity index (χ1) is 7.69. The lowest BCUT2D eigenvalue weighted by atomic mass is 10.2. The lowest BCUT2D eigenvalue weighted by Crippen LogP contribution is -2.36. The summed E-state index contributed by atoms with van der Waals surface area (Å²) in [6.45, 7) is 5.36. The number of carboxylic acids is 1. The highest BCUT2D eigenvalue weighted by atomic mass is 16.4. The van der Waals surface area contributed by atoms with Gasteiger partial charge in [-0.05, 0) is 13.3 Å². The molecule has 1 aromatic heterocycles. The number of rotatable bonds is 7. The van der Waals surface area contributed by atoms with Crippen molar-refractivity contribution in [3.05, 3.63) is 18.2 Å². The molecule has 0 radical (unpaired) electrons. The van der Waals surface area contributed by atoms with E-state index in [-0.39, 0.29) is 0 Å². The molecule has 90 valence electrons. The Morgan fingerprint density at radius 2 is 2.38 bits per heavy atom. The van der Waals surface area contributed by atoms with Crippen LogP contribution in [0.3, 0.4) is 0 Å². The normalized spacial score (nSPS) is 12.6. The van der Waals surface area contributed by atoms with Gasteiger partial charge in [-0.15, -0.1) is 0 Å². The molecular formula is C11H19N3O2. The summed E-state index contributed by atoms with van der Waals surface area (Å²) in [5, 5.41) is 12.0. The summed E-state index contributed by atoms with van der Waals surface area (Å²) in [7, 11) is 0. The maximum Gasteiger partial charge on any atom is 0.320 e. The van der Waals surface area contributed by atoms with Crippen molar-refractivity contribution in [3.63, 3.8) is 0 Å². The van der Waals surface area contributed by atoms with Crippen LogP contribution in [0.15, 0.2) is 12.4 Å². The zero-order valence-electron chi connectivity index (χ0n) is 9.81. The van der Waals surface area contributed by atoms with Crippen molar-refractivity contribution in [1.29, 1.82) is 0 Å². The van der Waals surface area contributed by atoms with Crippen LogP contribution in [0.25, 0.3) is 0 Å². The van der Waals surface area contributed by atoms with Gasteiger partial charge in [-0.25, -0.2) is 4.98 Å². The number of nitrogens with one attached hydrogen (secondary N) is 1. The van der Waals surface area contributed by atoms with Gasteiger partial charge >= 0.3 is 5.97 Å². The van der Waals surface area contributed by atoms with Gasteiger partial charge in [-0.1, -0.05) is 13.3 Å². The summed E-state index contributed by atoms with van der Waals surface area (Å²) in [4.78, 5) is 15.1. The van der Waals surface area contributed by atoms with Crippen LogP contribution >= 0.6 is 0 Å². The monoisotopic (exact) mass is 225 g/mol. The third-order valence-electron chi connectivity index (χ3n) is 2.52. The smallest absolute Gasteiger partial charge is 0.320 e. The molecule has 5 nitrogen and oxygen atoms in total. The van der Waals surface area contributed by atoms with Gasteiger partial charge in [0.25, 0.3) is 0 Å². The summed E-state index contributed by atoms with van der Waals surface area (Å²) in [6, 6.07) is -0.480. The van der Waals surface area contributed by atoms with Gasteiger partial charge < -0.3 is 9.67 Å². The SMILES string of the molecule is CCCC(NCc1nccn1CC)C(=O)O. The highest BCUT2D eigenvalue weighted by Gasteiger charge is 2.15. The second-order valence-corrected chi connectivity index (χ2v) is 3.69. The van der Waals surface area contributed by atoms with E-state index in [1.165, 1.54) is 0 Å². The highest BCUT2D eigenvalue weighted by Crippen LogP contribution is 2.01. The molecule has 0 fully saturated rings. The van der Waals surface area contributed by atoms with E-state index in [4.69, 9.17) is 5.11 Å². The van der Waals surface area contributed by atoms with E-state index in [1.54, 1.807) is 6.20 Å². The quantitative estimate of drug-likeness (QED) is 0.732. The summed E-state index contributed by atoms with van der Waals surface area (Å²) in [6.07, 6.45) is 5.12. The fraction of sp³-hybridized carbons (Fsp3) is 0.636. The Morgan fingerprint density at radius 1 is 1.62 bits per heavy atom. The molecule has 5 heteroatoms. The Morgan fingerprint density at radius 3 is 2.94 bits per heavy atom. The van der Waals surface area contributed by atoms with Gasteiger partial charge in [-0.3, -0.25) is 10.1 Å². The van der Waals surface area contributed by atoms with Gasteiger partial charge in [0.1, 0.15) is 11.9 Å². The van der Waals surface area contributed by atoms with E-state index in [2.05, 4.69) is 10.3 Å². The molecular weight excluding hydrogens is 206 g/mol. The van der Waals surface area contributed by atoms with E-state index in [0.717, 1.165) is 18.8 Å². The van der Waals surface area contributed by atoms with Crippen LogP contribution in [0.1, 0.15) is 32.5 Å². The Kier molecular flexibility index (Phi) is 4.98. The summed E-state index contributed by atoms with van der Waals surface area (Å²) >= 11 is 0. The van der Waals surface area contributed by atoms with Crippen molar-refractivity contribution in [1.82, 2.24) is 14.9 Å². The Labute approximate surface area is 95.5 Å². The molecule has 0 aliphatic rings. The van der Waals surface area contributed by atoms with Crippen molar-refractivity contribution >= 4 is 5.97 Å². The lowest BCUT2D eigenvalue weighted by Gasteiger charge is -2.13. The Bertz CT molecular complexity index is 336. The molecule has 1 unspecified atom stereocenters. The van der Waals surface area contributed by atoms with Gasteiger partial charge in [0, 0.05) is 18.9 Å². The predicted molar refractivity (Wildman–Crippen MR) is 61.1 cm³/mol. The average molecular weight is 225 g/mol. The largest absolute Gasteiger partial charge is 0.480 e. The molecule has 0 bridgehead atoms. The third-order valence-corrected chi connectivity index (χ3v) is 2.52. The lowest BCUT2D eigenvalue weighted by molar-refractivity contribution is -0.139. The van der Waals surface area contributed by atoms with Crippen molar-refractivity contribution < 1.29 is 9.90 Å². The number of aromatic nitrogens is 2. The molecule has 1 heterocycles. The molecule has 16 heavy (non-hydrogen) atoms. The van der Waals surface area contributed by atoms with Crippen molar-refractivity contribution in [2.75, 3.05) is 0 Å². The molecule has 0 saturated carbocycles. The van der Waals surface area contributed by atoms with Crippen LogP contribution in [0, 0.1) is 0 Å². The average Bonchev–Trinajstić information content (AvgIpc) is 2.71. The first-order valence-electron chi connectivity index (χ1n) is 5.65. The standard InChI is InChI=1S/C11H19N3O2/c1-3-5-9(11(15)16)13-8-10-12-6-7-14(10)4-2/h6-7,9,13H,3-5,8H2,1-2H3,(H,15,16). The van der Waals surface area contributed by atoms with Crippen molar-refractivity contribution in [2.45, 2.75) is 45.8 Å². The molecule has 0 aliphatic heterocycles. The molecule has 1 rings (SSSR count). The number of imidazole rings is 1. The van der Waals surface area contributed by atoms with E-state index in [1.807, 2.05) is 24.6 Å². The second-order valence-electron chi connectivity index (χ2n) is 3.69. The minimum absolute atomic E-state index is 0.480. The zero-order chi connectivity index (χ0) is 12.0. The number of nitrogens with zero attached hydrogens (tertiary/aromatic N) is 2. The molecule has 0 amide bonds. The van der Waals surface area contributed by atoms with Crippen LogP contribution < -0.4 is 5.32 Å². The van der Waals surface area contributed by atoms with Crippen molar-refractivity contribution in [3.8, 4) is 0 Å². The molecule has 2 N–H and O–H groups in total. The number of carboxylic acid groups (broad SMARTS) is 1. The summed E-state index contributed by atoms with van der Waals surface area (Å²) in [5.41, 5.74) is 0. The van der Waals surface area contributed by atoms with Crippen LogP contribution in [0.4, 0.5) is 0 Å². The predicted octanol–water partition coefficient (Wildman–Crippen LogP) is 1.25. The van der Waals surface area contributed by atoms with Crippen LogP contribution in [0.5, 0.6) is 0 Å². The summed E-state index contributed by atoms with van der Waals surface area (Å²) in [5.74, 6) is 0.0845. The van der Waals surface area contributed by atoms with Crippen LogP contribution in [0.2, 0.25) is 0 Å². The van der Waals surface area contributed by atoms with E-state index in [9.17, 15) is 4.79 Å². The number of aliphatic carboxylic acids is 1. The minimum Gasteiger partial charge on any atom is -0.480 e. The second kappa shape index (κ2) is 6.27. The Hall–Kier alpha value is -1.36. The van der Waals surface area contributed by atoms with Gasteiger partial charge in [0.05, 0.1) is 6.54 Å². The molecule has 0 spiro atoms. The number of hydrogen-bond donors (Lipinski definition) is 2. The number of carbonyl (C=O) groups is 1. The molecule has 1 atom stereocenters. The fourth-order valence-electron chi connectivity index (χ4n) is 1.61. The zero-order valence-corrected chi connectivity index (χ0v) is 9.81. The van der Waals surface area contributed by atoms with E-state index < -0.39 is 12.0 Å². The highest BCUT2D eigenvalue weighted by molar-refractivity contribution is 5.73. The van der Waals surface area contributed by atoms with Gasteiger partial charge in [0.2, 0.25) is 0 Å². The first-order valence-corrected chi connectivity index (χ1v) is 5.65. The minimum atomic E-state index is -0.795. The topological polar surface area (TPSA) is 67.2 Å². The van der Waals surface area contributed by atoms with Gasteiger partial charge in [-0.2, -0.15) is 0 Å². The number of aryl methyl sites for hydroxylation is 1. The van der Waals surface area contributed by atoms with Gasteiger partial charge in [0.15, 0.2) is 0 Å². The van der Waals surface area contributed by atoms with E-state index in [0.29, 0.717) is 13.0 Å². The van der Waals surface area contributed by atoms with E-state index >= 15 is 0 Å². The third kappa shape index (κ3) is 3.34. The first kappa shape index (κ1) is 12.7. The van der Waals surface area contributed by atoms with Crippen LogP contribution in [-0.2, 0) is 17.9 Å². The number of hydrogen-bond acceptors (Lipinski definition) is 3. The molecule has 0 saturated heterocycles. The fourth-order valence-corrected chi connectivity index (χ4v) is 1.61. The van der Waals surface area contributed by atoms with Crippen LogP contribution in [-0.4, -0.2) is 26.7 Å².